The third-order valence-electron chi connectivity index (χ3n) is 5.30. The highest BCUT2D eigenvalue weighted by Gasteiger charge is 2.39. The van der Waals surface area contributed by atoms with E-state index >= 15 is 0 Å². The van der Waals surface area contributed by atoms with Gasteiger partial charge in [0.2, 0.25) is 5.82 Å². The number of nitrogens with one attached hydrogen (secondary N) is 1. The van der Waals surface area contributed by atoms with Crippen molar-refractivity contribution in [1.29, 1.82) is 0 Å². The van der Waals surface area contributed by atoms with Gasteiger partial charge < -0.3 is 9.88 Å². The Labute approximate surface area is 152 Å². The van der Waals surface area contributed by atoms with Gasteiger partial charge in [0.05, 0.1) is 0 Å². The minimum Gasteiger partial charge on any atom is -0.347 e. The van der Waals surface area contributed by atoms with Gasteiger partial charge in [0, 0.05) is 43.5 Å². The van der Waals surface area contributed by atoms with Crippen LogP contribution in [0.3, 0.4) is 0 Å². The van der Waals surface area contributed by atoms with Gasteiger partial charge in [-0.3, -0.25) is 9.69 Å². The van der Waals surface area contributed by atoms with Crippen molar-refractivity contribution in [3.63, 3.8) is 0 Å². The monoisotopic (exact) mass is 359 g/mol. The van der Waals surface area contributed by atoms with Gasteiger partial charge in [-0.05, 0) is 49.6 Å². The molecule has 7 heteroatoms. The van der Waals surface area contributed by atoms with Crippen molar-refractivity contribution in [2.24, 2.45) is 11.8 Å². The Morgan fingerprint density at radius 3 is 2.84 bits per heavy atom. The number of hydrogen-bond acceptors (Lipinski definition) is 5. The number of aromatic nitrogens is 3. The van der Waals surface area contributed by atoms with Crippen molar-refractivity contribution in [3.05, 3.63) is 33.5 Å². The van der Waals surface area contributed by atoms with Gasteiger partial charge in [-0.1, -0.05) is 0 Å². The van der Waals surface area contributed by atoms with Crippen molar-refractivity contribution >= 4 is 17.2 Å². The summed E-state index contributed by atoms with van der Waals surface area (Å²) in [6.45, 7) is 10.2. The Hall–Kier alpha value is -1.73. The van der Waals surface area contributed by atoms with Gasteiger partial charge in [-0.2, -0.15) is 0 Å². The fourth-order valence-corrected chi connectivity index (χ4v) is 4.96. The van der Waals surface area contributed by atoms with E-state index in [-0.39, 0.29) is 11.9 Å². The fraction of sp³-hybridized carbons (Fsp3) is 0.611. The van der Waals surface area contributed by atoms with E-state index in [2.05, 4.69) is 38.8 Å². The first-order chi connectivity index (χ1) is 12.0. The Balaban J connectivity index is 1.46. The lowest BCUT2D eigenvalue weighted by atomic mass is 9.89. The molecule has 0 aliphatic carbocycles. The second kappa shape index (κ2) is 6.53. The van der Waals surface area contributed by atoms with Crippen molar-refractivity contribution in [2.45, 2.75) is 46.3 Å². The van der Waals surface area contributed by atoms with Crippen LogP contribution in [0.1, 0.15) is 40.7 Å². The van der Waals surface area contributed by atoms with E-state index in [9.17, 15) is 4.79 Å². The standard InChI is InChI=1S/C18H25N5OS/c1-11(2)19-18(24)17-21-20-16-6-13-7-22(8-14(13)9-23(16)17)10-15-12(3)4-5-25-15/h4-5,11,13-14H,6-10H2,1-3H3,(H,19,24)/t13-,14-/m0/s1. The highest BCUT2D eigenvalue weighted by atomic mass is 32.1. The smallest absolute Gasteiger partial charge is 0.289 e. The molecule has 2 atom stereocenters. The molecule has 2 aliphatic heterocycles. The quantitative estimate of drug-likeness (QED) is 0.908. The Kier molecular flexibility index (Phi) is 4.37. The molecule has 0 bridgehead atoms. The van der Waals surface area contributed by atoms with Crippen LogP contribution in [-0.4, -0.2) is 44.7 Å². The number of aryl methyl sites for hydroxylation is 1. The summed E-state index contributed by atoms with van der Waals surface area (Å²) in [4.78, 5) is 16.4. The molecule has 1 fully saturated rings. The van der Waals surface area contributed by atoms with Crippen molar-refractivity contribution < 1.29 is 4.79 Å². The molecular weight excluding hydrogens is 334 g/mol. The first-order valence-electron chi connectivity index (χ1n) is 8.99. The van der Waals surface area contributed by atoms with E-state index in [4.69, 9.17) is 0 Å². The minimum absolute atomic E-state index is 0.104. The fourth-order valence-electron chi connectivity index (χ4n) is 4.01. The highest BCUT2D eigenvalue weighted by molar-refractivity contribution is 7.10. The number of likely N-dealkylation sites (tertiary alicyclic amines) is 1. The lowest BCUT2D eigenvalue weighted by Crippen LogP contribution is -2.35. The van der Waals surface area contributed by atoms with E-state index in [1.165, 1.54) is 10.4 Å². The van der Waals surface area contributed by atoms with Crippen LogP contribution in [0.15, 0.2) is 11.4 Å². The second-order valence-electron chi connectivity index (χ2n) is 7.62. The van der Waals surface area contributed by atoms with Crippen molar-refractivity contribution in [3.8, 4) is 0 Å². The van der Waals surface area contributed by atoms with E-state index in [1.54, 1.807) is 0 Å². The predicted molar refractivity (Wildman–Crippen MR) is 97.6 cm³/mol. The zero-order chi connectivity index (χ0) is 17.6. The van der Waals surface area contributed by atoms with Crippen LogP contribution in [-0.2, 0) is 19.5 Å². The average Bonchev–Trinajstić information content (AvgIpc) is 3.23. The molecule has 0 aromatic carbocycles. The molecule has 0 spiro atoms. The van der Waals surface area contributed by atoms with Crippen LogP contribution in [0.4, 0.5) is 0 Å². The van der Waals surface area contributed by atoms with Gasteiger partial charge in [0.25, 0.3) is 5.91 Å². The first kappa shape index (κ1) is 16.7. The second-order valence-corrected chi connectivity index (χ2v) is 8.62. The molecular formula is C18H25N5OS. The molecule has 0 saturated carbocycles. The summed E-state index contributed by atoms with van der Waals surface area (Å²) >= 11 is 1.85. The van der Waals surface area contributed by atoms with Gasteiger partial charge in [0.1, 0.15) is 5.82 Å². The molecule has 4 rings (SSSR count). The molecule has 0 radical (unpaired) electrons. The largest absolute Gasteiger partial charge is 0.347 e. The Morgan fingerprint density at radius 2 is 2.12 bits per heavy atom. The number of rotatable bonds is 4. The maximum Gasteiger partial charge on any atom is 0.289 e. The van der Waals surface area contributed by atoms with Crippen molar-refractivity contribution in [1.82, 2.24) is 25.0 Å². The molecule has 0 unspecified atom stereocenters. The molecule has 25 heavy (non-hydrogen) atoms. The molecule has 4 heterocycles. The van der Waals surface area contributed by atoms with E-state index in [1.807, 2.05) is 29.8 Å². The normalized spacial score (nSPS) is 22.9. The van der Waals surface area contributed by atoms with Crippen LogP contribution in [0, 0.1) is 18.8 Å². The molecule has 134 valence electrons. The molecule has 2 aromatic heterocycles. The number of fused-ring (bicyclic) bond motifs is 2. The lowest BCUT2D eigenvalue weighted by molar-refractivity contribution is 0.0924. The summed E-state index contributed by atoms with van der Waals surface area (Å²) in [5.41, 5.74) is 1.39. The zero-order valence-corrected chi connectivity index (χ0v) is 15.8. The van der Waals surface area contributed by atoms with Crippen LogP contribution in [0.25, 0.3) is 0 Å². The molecule has 2 aromatic rings. The number of carbonyl (C=O) groups excluding carboxylic acids is 1. The maximum absolute atomic E-state index is 12.4. The maximum atomic E-state index is 12.4. The predicted octanol–water partition coefficient (Wildman–Crippen LogP) is 2.09. The Bertz CT molecular complexity index is 780. The van der Waals surface area contributed by atoms with Crippen LogP contribution < -0.4 is 5.32 Å². The summed E-state index contributed by atoms with van der Waals surface area (Å²) in [5, 5.41) is 13.6. The number of hydrogen-bond donors (Lipinski definition) is 1. The first-order valence-corrected chi connectivity index (χ1v) is 9.87. The average molecular weight is 359 g/mol. The SMILES string of the molecule is Cc1ccsc1CN1C[C@@H]2Cc3nnc(C(=O)NC(C)C)n3C[C@@H]2C1. The van der Waals surface area contributed by atoms with Crippen LogP contribution in [0.5, 0.6) is 0 Å². The third kappa shape index (κ3) is 3.22. The highest BCUT2D eigenvalue weighted by Crippen LogP contribution is 2.34. The molecule has 1 saturated heterocycles. The van der Waals surface area contributed by atoms with Gasteiger partial charge in [0.15, 0.2) is 0 Å². The summed E-state index contributed by atoms with van der Waals surface area (Å²) in [6, 6.07) is 2.30. The topological polar surface area (TPSA) is 63.1 Å². The summed E-state index contributed by atoms with van der Waals surface area (Å²) < 4.78 is 2.04. The molecule has 1 N–H and O–H groups in total. The van der Waals surface area contributed by atoms with E-state index < -0.39 is 0 Å². The lowest BCUT2D eigenvalue weighted by Gasteiger charge is -2.25. The zero-order valence-electron chi connectivity index (χ0n) is 15.0. The Morgan fingerprint density at radius 1 is 1.32 bits per heavy atom. The van der Waals surface area contributed by atoms with Gasteiger partial charge in [-0.25, -0.2) is 0 Å². The van der Waals surface area contributed by atoms with Crippen LogP contribution >= 0.6 is 11.3 Å². The number of carbonyl (C=O) groups is 1. The summed E-state index contributed by atoms with van der Waals surface area (Å²) in [5.74, 6) is 2.52. The number of thiophene rings is 1. The minimum atomic E-state index is -0.115. The van der Waals surface area contributed by atoms with Gasteiger partial charge >= 0.3 is 0 Å². The van der Waals surface area contributed by atoms with E-state index in [0.717, 1.165) is 38.4 Å². The molecule has 1 amide bonds. The number of amides is 1. The third-order valence-corrected chi connectivity index (χ3v) is 6.31. The van der Waals surface area contributed by atoms with Crippen LogP contribution in [0.2, 0.25) is 0 Å². The summed E-state index contributed by atoms with van der Waals surface area (Å²) in [7, 11) is 0. The number of nitrogens with zero attached hydrogens (tertiary/aromatic N) is 4. The summed E-state index contributed by atoms with van der Waals surface area (Å²) in [6.07, 6.45) is 0.923. The van der Waals surface area contributed by atoms with Crippen molar-refractivity contribution in [2.75, 3.05) is 13.1 Å². The molecule has 2 aliphatic rings. The molecule has 6 nitrogen and oxygen atoms in total. The van der Waals surface area contributed by atoms with Gasteiger partial charge in [-0.15, -0.1) is 21.5 Å². The van der Waals surface area contributed by atoms with E-state index in [0.29, 0.717) is 17.7 Å².